The molecule has 0 spiro atoms. The average Bonchev–Trinajstić information content (AvgIpc) is 3.09. The topological polar surface area (TPSA) is 95.1 Å². The van der Waals surface area contributed by atoms with E-state index < -0.39 is 17.2 Å². The van der Waals surface area contributed by atoms with Crippen LogP contribution in [-0.2, 0) is 20.6 Å². The number of amides is 1. The maximum absolute atomic E-state index is 12.8. The highest BCUT2D eigenvalue weighted by Crippen LogP contribution is 2.16. The molecule has 1 aromatic carbocycles. The Labute approximate surface area is 161 Å². The Morgan fingerprint density at radius 2 is 1.71 bits per heavy atom. The lowest BCUT2D eigenvalue weighted by Crippen LogP contribution is -2.37. The average molecular weight is 382 g/mol. The van der Waals surface area contributed by atoms with Gasteiger partial charge in [-0.1, -0.05) is 37.3 Å². The minimum absolute atomic E-state index is 0.159. The van der Waals surface area contributed by atoms with Crippen LogP contribution in [0.3, 0.4) is 0 Å². The number of hydrogen-bond donors (Lipinski definition) is 1. The number of carbonyl (C=O) groups excluding carboxylic acids is 2. The lowest BCUT2D eigenvalue weighted by molar-refractivity contribution is 0.0898. The number of carbonyl (C=O) groups is 2. The van der Waals surface area contributed by atoms with E-state index in [2.05, 4.69) is 5.32 Å². The van der Waals surface area contributed by atoms with Gasteiger partial charge in [-0.15, -0.1) is 0 Å². The maximum atomic E-state index is 12.8. The van der Waals surface area contributed by atoms with Gasteiger partial charge in [-0.3, -0.25) is 23.5 Å². The second-order valence-electron chi connectivity index (χ2n) is 6.60. The summed E-state index contributed by atoms with van der Waals surface area (Å²) in [6, 6.07) is 10.2. The Bertz CT molecular complexity index is 1170. The fourth-order valence-corrected chi connectivity index (χ4v) is 3.26. The number of nitrogens with zero attached hydrogens (tertiary/aromatic N) is 3. The molecule has 0 aliphatic rings. The number of benzene rings is 1. The summed E-state index contributed by atoms with van der Waals surface area (Å²) in [4.78, 5) is 49.8. The van der Waals surface area contributed by atoms with Crippen LogP contribution in [0.15, 0.2) is 46.0 Å². The molecule has 28 heavy (non-hydrogen) atoms. The summed E-state index contributed by atoms with van der Waals surface area (Å²) >= 11 is 0. The summed E-state index contributed by atoms with van der Waals surface area (Å²) in [6.45, 7) is 2.23. The van der Waals surface area contributed by atoms with Gasteiger partial charge in [0.25, 0.3) is 11.5 Å². The first-order valence-corrected chi connectivity index (χ1v) is 9.02. The smallest absolute Gasteiger partial charge is 0.332 e. The van der Waals surface area contributed by atoms with E-state index in [1.165, 1.54) is 17.7 Å². The maximum Gasteiger partial charge on any atom is 0.332 e. The first-order chi connectivity index (χ1) is 13.4. The number of rotatable bonds is 6. The number of aromatic nitrogens is 3. The van der Waals surface area contributed by atoms with E-state index in [-0.39, 0.29) is 23.4 Å². The molecule has 0 atom stereocenters. The molecule has 0 radical (unpaired) electrons. The molecule has 0 fully saturated rings. The number of fused-ring (bicyclic) bond motifs is 1. The highest BCUT2D eigenvalue weighted by atomic mass is 16.2. The van der Waals surface area contributed by atoms with Gasteiger partial charge in [0.1, 0.15) is 11.3 Å². The molecule has 0 saturated heterocycles. The van der Waals surface area contributed by atoms with Gasteiger partial charge in [-0.2, -0.15) is 0 Å². The van der Waals surface area contributed by atoms with Gasteiger partial charge < -0.3 is 9.88 Å². The van der Waals surface area contributed by atoms with Crippen LogP contribution < -0.4 is 16.6 Å². The Kier molecular flexibility index (Phi) is 5.30. The molecule has 0 aliphatic heterocycles. The Hall–Kier alpha value is -3.42. The van der Waals surface area contributed by atoms with E-state index in [1.54, 1.807) is 35.9 Å². The monoisotopic (exact) mass is 382 g/mol. The van der Waals surface area contributed by atoms with Gasteiger partial charge in [0.05, 0.1) is 11.9 Å². The van der Waals surface area contributed by atoms with E-state index in [4.69, 9.17) is 0 Å². The molecule has 2 aromatic heterocycles. The van der Waals surface area contributed by atoms with Gasteiger partial charge in [0.2, 0.25) is 0 Å². The van der Waals surface area contributed by atoms with Gasteiger partial charge in [0.15, 0.2) is 5.78 Å². The van der Waals surface area contributed by atoms with Crippen molar-refractivity contribution in [2.75, 3.05) is 6.54 Å². The summed E-state index contributed by atoms with van der Waals surface area (Å²) in [5.74, 6) is -0.682. The molecule has 0 bridgehead atoms. The third-order valence-electron chi connectivity index (χ3n) is 4.68. The Morgan fingerprint density at radius 1 is 1.04 bits per heavy atom. The largest absolute Gasteiger partial charge is 0.343 e. The van der Waals surface area contributed by atoms with Gasteiger partial charge in [-0.25, -0.2) is 4.79 Å². The van der Waals surface area contributed by atoms with Crippen molar-refractivity contribution in [3.8, 4) is 0 Å². The fourth-order valence-electron chi connectivity index (χ4n) is 3.26. The Morgan fingerprint density at radius 3 is 2.36 bits per heavy atom. The van der Waals surface area contributed by atoms with Crippen molar-refractivity contribution in [3.05, 3.63) is 68.5 Å². The SMILES string of the molecule is CCCn1c(C(=O)NCC(=O)c2ccccc2)cc2c(=O)n(C)c(=O)n(C)c21. The third-order valence-corrected chi connectivity index (χ3v) is 4.68. The quantitative estimate of drug-likeness (QED) is 0.645. The minimum Gasteiger partial charge on any atom is -0.343 e. The van der Waals surface area contributed by atoms with E-state index in [0.717, 1.165) is 4.57 Å². The van der Waals surface area contributed by atoms with Crippen molar-refractivity contribution in [3.63, 3.8) is 0 Å². The highest BCUT2D eigenvalue weighted by Gasteiger charge is 2.21. The minimum atomic E-state index is -0.469. The molecule has 3 rings (SSSR count). The zero-order valence-corrected chi connectivity index (χ0v) is 16.1. The lowest BCUT2D eigenvalue weighted by atomic mass is 10.1. The zero-order chi connectivity index (χ0) is 20.4. The molecular weight excluding hydrogens is 360 g/mol. The molecule has 1 amide bonds. The standard InChI is InChI=1S/C20H22N4O4/c1-4-10-24-15(11-14-18(24)22(2)20(28)23(3)19(14)27)17(26)21-12-16(25)13-8-6-5-7-9-13/h5-9,11H,4,10,12H2,1-3H3,(H,21,26). The molecule has 8 nitrogen and oxygen atoms in total. The fraction of sp³-hybridized carbons (Fsp3) is 0.300. The van der Waals surface area contributed by atoms with Crippen LogP contribution in [0.2, 0.25) is 0 Å². The van der Waals surface area contributed by atoms with Crippen molar-refractivity contribution in [1.82, 2.24) is 19.0 Å². The van der Waals surface area contributed by atoms with Crippen molar-refractivity contribution in [2.45, 2.75) is 19.9 Å². The van der Waals surface area contributed by atoms with Gasteiger partial charge in [0, 0.05) is 26.2 Å². The summed E-state index contributed by atoms with van der Waals surface area (Å²) in [6.07, 6.45) is 0.705. The van der Waals surface area contributed by atoms with Crippen LogP contribution in [0.4, 0.5) is 0 Å². The summed E-state index contributed by atoms with van der Waals surface area (Å²) in [7, 11) is 2.97. The van der Waals surface area contributed by atoms with Crippen molar-refractivity contribution < 1.29 is 9.59 Å². The molecule has 3 aromatic rings. The van der Waals surface area contributed by atoms with Gasteiger partial charge >= 0.3 is 5.69 Å². The van der Waals surface area contributed by atoms with E-state index in [0.29, 0.717) is 24.2 Å². The zero-order valence-electron chi connectivity index (χ0n) is 16.1. The summed E-state index contributed by atoms with van der Waals surface area (Å²) in [5.41, 5.74) is 0.236. The molecule has 0 saturated carbocycles. The second kappa shape index (κ2) is 7.67. The number of ketones is 1. The molecule has 8 heteroatoms. The van der Waals surface area contributed by atoms with Crippen molar-refractivity contribution in [2.24, 2.45) is 14.1 Å². The van der Waals surface area contributed by atoms with Crippen molar-refractivity contribution in [1.29, 1.82) is 0 Å². The molecule has 1 N–H and O–H groups in total. The molecular formula is C20H22N4O4. The van der Waals surface area contributed by atoms with E-state index in [9.17, 15) is 19.2 Å². The summed E-state index contributed by atoms with van der Waals surface area (Å²) < 4.78 is 4.03. The third kappa shape index (κ3) is 3.28. The van der Waals surface area contributed by atoms with Crippen LogP contribution in [-0.4, -0.2) is 31.9 Å². The molecule has 2 heterocycles. The van der Waals surface area contributed by atoms with Crippen LogP contribution in [0, 0.1) is 0 Å². The van der Waals surface area contributed by atoms with E-state index >= 15 is 0 Å². The first-order valence-electron chi connectivity index (χ1n) is 9.02. The molecule has 0 unspecified atom stereocenters. The van der Waals surface area contributed by atoms with Gasteiger partial charge in [-0.05, 0) is 12.5 Å². The normalized spacial score (nSPS) is 11.0. The number of aryl methyl sites for hydroxylation is 2. The lowest BCUT2D eigenvalue weighted by Gasteiger charge is -2.12. The van der Waals surface area contributed by atoms with Crippen molar-refractivity contribution >= 4 is 22.7 Å². The van der Waals surface area contributed by atoms with Crippen LogP contribution in [0.25, 0.3) is 11.0 Å². The number of Topliss-reactive ketones (excluding diaryl/α,β-unsaturated/α-hetero) is 1. The van der Waals surface area contributed by atoms with Crippen LogP contribution >= 0.6 is 0 Å². The predicted molar refractivity (Wildman–Crippen MR) is 106 cm³/mol. The highest BCUT2D eigenvalue weighted by molar-refractivity contribution is 6.03. The number of nitrogens with one attached hydrogen (secondary N) is 1. The first kappa shape index (κ1) is 19.3. The Balaban J connectivity index is 1.99. The van der Waals surface area contributed by atoms with Crippen LogP contribution in [0.5, 0.6) is 0 Å². The predicted octanol–water partition coefficient (Wildman–Crippen LogP) is 1.06. The second-order valence-corrected chi connectivity index (χ2v) is 6.60. The molecule has 146 valence electrons. The molecule has 0 aliphatic carbocycles. The number of hydrogen-bond acceptors (Lipinski definition) is 4. The van der Waals surface area contributed by atoms with Crippen LogP contribution in [0.1, 0.15) is 34.2 Å². The van der Waals surface area contributed by atoms with E-state index in [1.807, 2.05) is 13.0 Å². The summed E-state index contributed by atoms with van der Waals surface area (Å²) in [5, 5.41) is 2.91.